The lowest BCUT2D eigenvalue weighted by molar-refractivity contribution is -0.135. The van der Waals surface area contributed by atoms with Crippen molar-refractivity contribution < 1.29 is 19.1 Å². The first-order valence-electron chi connectivity index (χ1n) is 8.41. The van der Waals surface area contributed by atoms with Crippen molar-refractivity contribution in [2.75, 3.05) is 7.11 Å². The van der Waals surface area contributed by atoms with Crippen molar-refractivity contribution in [2.45, 2.75) is 6.61 Å². The van der Waals surface area contributed by atoms with Crippen molar-refractivity contribution in [2.24, 2.45) is 10.2 Å². The maximum Gasteiger partial charge on any atom is 0.331 e. The number of nitrogens with one attached hydrogen (secondary N) is 1. The van der Waals surface area contributed by atoms with Crippen molar-refractivity contribution in [3.8, 4) is 5.75 Å². The summed E-state index contributed by atoms with van der Waals surface area (Å²) in [7, 11) is 1.24. The summed E-state index contributed by atoms with van der Waals surface area (Å²) in [6.07, 6.45) is 2.64. The van der Waals surface area contributed by atoms with Crippen LogP contribution in [-0.4, -0.2) is 30.4 Å². The second-order valence-corrected chi connectivity index (χ2v) is 7.64. The predicted molar refractivity (Wildman–Crippen MR) is 116 cm³/mol. The van der Waals surface area contributed by atoms with Gasteiger partial charge in [0, 0.05) is 16.1 Å². The van der Waals surface area contributed by atoms with Gasteiger partial charge in [0.25, 0.3) is 5.91 Å². The Labute approximate surface area is 180 Å². The Balaban J connectivity index is 1.70. The van der Waals surface area contributed by atoms with Gasteiger partial charge in [-0.15, -0.1) is 5.10 Å². The van der Waals surface area contributed by atoms with E-state index in [9.17, 15) is 9.59 Å². The van der Waals surface area contributed by atoms with E-state index in [1.807, 2.05) is 48.5 Å². The van der Waals surface area contributed by atoms with Crippen LogP contribution in [0.15, 0.2) is 74.2 Å². The molecule has 0 spiro atoms. The normalized spacial score (nSPS) is 16.4. The van der Waals surface area contributed by atoms with Crippen molar-refractivity contribution in [1.29, 1.82) is 0 Å². The maximum atomic E-state index is 11.8. The lowest BCUT2D eigenvalue weighted by Gasteiger charge is -2.09. The molecule has 0 bridgehead atoms. The average molecular weight is 474 g/mol. The van der Waals surface area contributed by atoms with Crippen molar-refractivity contribution in [3.63, 3.8) is 0 Å². The number of carbonyl (C=O) groups is 2. The topological polar surface area (TPSA) is 89.3 Å². The fourth-order valence-corrected chi connectivity index (χ4v) is 3.34. The standard InChI is InChI=1S/C20H16BrN3O4S/c1-27-18(25)10-17-19(26)23-20(29-17)24-22-11-14-7-8-15(21)9-16(14)28-12-13-5-3-2-4-6-13/h2-11H,12H2,1H3,(H,23,24,26)/b17-10+,22-11?. The SMILES string of the molecule is COC(=O)/C=C1/S/C(=N\N=Cc2ccc(Br)cc2OCc2ccccc2)NC1=O. The summed E-state index contributed by atoms with van der Waals surface area (Å²) >= 11 is 4.45. The highest BCUT2D eigenvalue weighted by Crippen LogP contribution is 2.25. The Morgan fingerprint density at radius 3 is 2.79 bits per heavy atom. The molecule has 29 heavy (non-hydrogen) atoms. The number of hydrogen-bond donors (Lipinski definition) is 1. The van der Waals surface area contributed by atoms with E-state index in [1.165, 1.54) is 13.3 Å². The van der Waals surface area contributed by atoms with Crippen LogP contribution in [-0.2, 0) is 20.9 Å². The molecule has 0 atom stereocenters. The molecule has 1 amide bonds. The third kappa shape index (κ3) is 6.03. The summed E-state index contributed by atoms with van der Waals surface area (Å²) < 4.78 is 11.3. The summed E-state index contributed by atoms with van der Waals surface area (Å²) in [5, 5.41) is 10.8. The van der Waals surface area contributed by atoms with Crippen LogP contribution in [0.2, 0.25) is 0 Å². The van der Waals surface area contributed by atoms with Gasteiger partial charge in [0.2, 0.25) is 0 Å². The van der Waals surface area contributed by atoms with Gasteiger partial charge < -0.3 is 9.47 Å². The number of benzene rings is 2. The summed E-state index contributed by atoms with van der Waals surface area (Å²) in [5.41, 5.74) is 1.78. The number of hydrogen-bond acceptors (Lipinski definition) is 7. The maximum absolute atomic E-state index is 11.8. The van der Waals surface area contributed by atoms with Crippen LogP contribution >= 0.6 is 27.7 Å². The molecule has 0 aromatic heterocycles. The molecule has 3 rings (SSSR count). The summed E-state index contributed by atoms with van der Waals surface area (Å²) in [4.78, 5) is 23.3. The van der Waals surface area contributed by atoms with Gasteiger partial charge in [0.1, 0.15) is 12.4 Å². The van der Waals surface area contributed by atoms with Gasteiger partial charge in [-0.1, -0.05) is 46.3 Å². The summed E-state index contributed by atoms with van der Waals surface area (Å²) in [5.74, 6) is -0.395. The first-order valence-corrected chi connectivity index (χ1v) is 10.0. The third-order valence-corrected chi connectivity index (χ3v) is 5.05. The number of thioether (sulfide) groups is 1. The van der Waals surface area contributed by atoms with E-state index in [0.29, 0.717) is 12.4 Å². The Kier molecular flexibility index (Phi) is 7.20. The van der Waals surface area contributed by atoms with Gasteiger partial charge in [-0.2, -0.15) is 5.10 Å². The zero-order valence-electron chi connectivity index (χ0n) is 15.3. The molecule has 0 aliphatic carbocycles. The average Bonchev–Trinajstić information content (AvgIpc) is 3.07. The molecule has 1 aliphatic rings. The zero-order valence-corrected chi connectivity index (χ0v) is 17.7. The highest BCUT2D eigenvalue weighted by Gasteiger charge is 2.25. The van der Waals surface area contributed by atoms with Crippen molar-refractivity contribution in [1.82, 2.24) is 5.32 Å². The number of esters is 1. The molecule has 2 aromatic rings. The Morgan fingerprint density at radius 2 is 2.03 bits per heavy atom. The number of amides is 1. The number of halogens is 1. The number of ether oxygens (including phenoxy) is 2. The van der Waals surface area contributed by atoms with Crippen LogP contribution in [0.3, 0.4) is 0 Å². The molecule has 1 fully saturated rings. The molecule has 148 valence electrons. The molecule has 7 nitrogen and oxygen atoms in total. The minimum atomic E-state index is -0.609. The van der Waals surface area contributed by atoms with E-state index >= 15 is 0 Å². The Hall–Kier alpha value is -2.91. The fourth-order valence-electron chi connectivity index (χ4n) is 2.26. The van der Waals surface area contributed by atoms with Crippen molar-refractivity contribution >= 4 is 51.0 Å². The van der Waals surface area contributed by atoms with Crippen LogP contribution in [0.4, 0.5) is 0 Å². The lowest BCUT2D eigenvalue weighted by atomic mass is 10.2. The van der Waals surface area contributed by atoms with Crippen LogP contribution in [0.25, 0.3) is 0 Å². The number of amidine groups is 1. The Bertz CT molecular complexity index is 1010. The number of methoxy groups -OCH3 is 1. The largest absolute Gasteiger partial charge is 0.488 e. The van der Waals surface area contributed by atoms with E-state index in [2.05, 4.69) is 36.2 Å². The third-order valence-electron chi connectivity index (χ3n) is 3.66. The smallest absolute Gasteiger partial charge is 0.331 e. The molecule has 1 aliphatic heterocycles. The van der Waals surface area contributed by atoms with Gasteiger partial charge in [-0.05, 0) is 35.5 Å². The number of carbonyl (C=O) groups excluding carboxylic acids is 2. The Morgan fingerprint density at radius 1 is 1.24 bits per heavy atom. The molecule has 1 heterocycles. The quantitative estimate of drug-likeness (QED) is 0.299. The molecule has 9 heteroatoms. The molecule has 2 aromatic carbocycles. The first-order chi connectivity index (χ1) is 14.0. The van der Waals surface area contributed by atoms with Gasteiger partial charge in [0.05, 0.1) is 18.2 Å². The fraction of sp³-hybridized carbons (Fsp3) is 0.100. The molecular formula is C20H16BrN3O4S. The summed E-state index contributed by atoms with van der Waals surface area (Å²) in [6.45, 7) is 0.417. The van der Waals surface area contributed by atoms with Gasteiger partial charge >= 0.3 is 5.97 Å². The van der Waals surface area contributed by atoms with Crippen LogP contribution < -0.4 is 10.1 Å². The van der Waals surface area contributed by atoms with Gasteiger partial charge in [-0.25, -0.2) is 4.79 Å². The molecule has 0 radical (unpaired) electrons. The molecule has 0 unspecified atom stereocenters. The van der Waals surface area contributed by atoms with Gasteiger partial charge in [-0.3, -0.25) is 10.1 Å². The van der Waals surface area contributed by atoms with E-state index in [0.717, 1.165) is 33.4 Å². The van der Waals surface area contributed by atoms with Crippen LogP contribution in [0.5, 0.6) is 5.75 Å². The molecular weight excluding hydrogens is 458 g/mol. The highest BCUT2D eigenvalue weighted by molar-refractivity contribution is 9.10. The zero-order chi connectivity index (χ0) is 20.6. The molecule has 1 N–H and O–H groups in total. The van der Waals surface area contributed by atoms with E-state index in [-0.39, 0.29) is 10.1 Å². The van der Waals surface area contributed by atoms with E-state index < -0.39 is 11.9 Å². The number of nitrogens with zero attached hydrogens (tertiary/aromatic N) is 2. The predicted octanol–water partition coefficient (Wildman–Crippen LogP) is 3.64. The number of rotatable bonds is 6. The van der Waals surface area contributed by atoms with Crippen molar-refractivity contribution in [3.05, 3.63) is 75.1 Å². The van der Waals surface area contributed by atoms with E-state index in [1.54, 1.807) is 0 Å². The molecule has 0 saturated carbocycles. The minimum Gasteiger partial charge on any atom is -0.488 e. The van der Waals surface area contributed by atoms with E-state index in [4.69, 9.17) is 4.74 Å². The lowest BCUT2D eigenvalue weighted by Crippen LogP contribution is -2.19. The second-order valence-electron chi connectivity index (χ2n) is 5.69. The van der Waals surface area contributed by atoms with Gasteiger partial charge in [0.15, 0.2) is 5.17 Å². The monoisotopic (exact) mass is 473 g/mol. The highest BCUT2D eigenvalue weighted by atomic mass is 79.9. The summed E-state index contributed by atoms with van der Waals surface area (Å²) in [6, 6.07) is 15.4. The van der Waals surface area contributed by atoms with Crippen LogP contribution in [0.1, 0.15) is 11.1 Å². The minimum absolute atomic E-state index is 0.196. The van der Waals surface area contributed by atoms with Crippen LogP contribution in [0, 0.1) is 0 Å². The second kappa shape index (κ2) is 10.0. The molecule has 1 saturated heterocycles. The first kappa shape index (κ1) is 20.8.